The molecule has 0 saturated carbocycles. The van der Waals surface area contributed by atoms with E-state index >= 15 is 0 Å². The van der Waals surface area contributed by atoms with Crippen molar-refractivity contribution in [3.8, 4) is 0 Å². The van der Waals surface area contributed by atoms with Gasteiger partial charge in [0, 0.05) is 51.2 Å². The van der Waals surface area contributed by atoms with Crippen LogP contribution in [0.15, 0.2) is 30.3 Å². The van der Waals surface area contributed by atoms with E-state index in [1.165, 1.54) is 5.56 Å². The van der Waals surface area contributed by atoms with Crippen molar-refractivity contribution in [1.82, 2.24) is 15.1 Å². The van der Waals surface area contributed by atoms with Crippen molar-refractivity contribution in [3.63, 3.8) is 0 Å². The summed E-state index contributed by atoms with van der Waals surface area (Å²) in [4.78, 5) is 17.5. The second-order valence-electron chi connectivity index (χ2n) is 6.74. The van der Waals surface area contributed by atoms with Crippen LogP contribution < -0.4 is 5.32 Å². The largest absolute Gasteiger partial charge is 0.340 e. The van der Waals surface area contributed by atoms with Crippen LogP contribution in [0.4, 0.5) is 0 Å². The van der Waals surface area contributed by atoms with Crippen molar-refractivity contribution in [2.75, 3.05) is 39.3 Å². The number of nitrogens with zero attached hydrogens (tertiary/aromatic N) is 2. The average molecular weight is 301 g/mol. The Morgan fingerprint density at radius 2 is 1.77 bits per heavy atom. The minimum atomic E-state index is 0.0907. The molecule has 2 aliphatic heterocycles. The number of carbonyl (C=O) groups is 1. The van der Waals surface area contributed by atoms with Crippen LogP contribution in [0.25, 0.3) is 0 Å². The minimum absolute atomic E-state index is 0.0907. The summed E-state index contributed by atoms with van der Waals surface area (Å²) >= 11 is 0. The van der Waals surface area contributed by atoms with Gasteiger partial charge in [0.1, 0.15) is 0 Å². The molecule has 2 heterocycles. The summed E-state index contributed by atoms with van der Waals surface area (Å²) < 4.78 is 0. The zero-order valence-electron chi connectivity index (χ0n) is 13.7. The topological polar surface area (TPSA) is 35.6 Å². The number of piperazine rings is 1. The van der Waals surface area contributed by atoms with Crippen molar-refractivity contribution in [3.05, 3.63) is 35.9 Å². The molecule has 3 rings (SSSR count). The van der Waals surface area contributed by atoms with Crippen LogP contribution in [0, 0.1) is 5.92 Å². The van der Waals surface area contributed by atoms with Gasteiger partial charge in [0.25, 0.3) is 0 Å². The lowest BCUT2D eigenvalue weighted by molar-refractivity contribution is -0.137. The van der Waals surface area contributed by atoms with Gasteiger partial charge in [-0.1, -0.05) is 30.3 Å². The van der Waals surface area contributed by atoms with Crippen LogP contribution in [-0.2, 0) is 4.79 Å². The molecule has 2 atom stereocenters. The second-order valence-corrected chi connectivity index (χ2v) is 6.74. The van der Waals surface area contributed by atoms with E-state index < -0.39 is 0 Å². The number of nitrogens with one attached hydrogen (secondary N) is 1. The standard InChI is InChI=1S/C18H27N3O/c1-14(2)20-8-10-21(11-9-20)18(22)17-13-19-12-16(17)15-6-4-3-5-7-15/h3-7,14,16-17,19H,8-13H2,1-2H3. The smallest absolute Gasteiger partial charge is 0.227 e. The molecule has 2 fully saturated rings. The van der Waals surface area contributed by atoms with Gasteiger partial charge >= 0.3 is 0 Å². The van der Waals surface area contributed by atoms with Gasteiger partial charge in [0.15, 0.2) is 0 Å². The molecule has 22 heavy (non-hydrogen) atoms. The third-order valence-electron chi connectivity index (χ3n) is 5.12. The maximum atomic E-state index is 12.9. The zero-order valence-corrected chi connectivity index (χ0v) is 13.7. The first kappa shape index (κ1) is 15.5. The summed E-state index contributed by atoms with van der Waals surface area (Å²) in [6.07, 6.45) is 0. The van der Waals surface area contributed by atoms with E-state index in [1.807, 2.05) is 6.07 Å². The Bertz CT molecular complexity index is 494. The van der Waals surface area contributed by atoms with Crippen LogP contribution in [0.5, 0.6) is 0 Å². The lowest BCUT2D eigenvalue weighted by atomic mass is 9.88. The first-order chi connectivity index (χ1) is 10.7. The Labute approximate surface area is 133 Å². The average Bonchev–Trinajstić information content (AvgIpc) is 3.04. The SMILES string of the molecule is CC(C)N1CCN(C(=O)C2CNCC2c2ccccc2)CC1. The molecule has 0 radical (unpaired) electrons. The Balaban J connectivity index is 1.65. The van der Waals surface area contributed by atoms with Gasteiger partial charge in [0.2, 0.25) is 5.91 Å². The van der Waals surface area contributed by atoms with Gasteiger partial charge in [-0.3, -0.25) is 9.69 Å². The van der Waals surface area contributed by atoms with E-state index in [0.29, 0.717) is 17.9 Å². The molecule has 1 aromatic carbocycles. The van der Waals surface area contributed by atoms with E-state index in [-0.39, 0.29) is 5.92 Å². The highest BCUT2D eigenvalue weighted by Crippen LogP contribution is 2.29. The minimum Gasteiger partial charge on any atom is -0.340 e. The van der Waals surface area contributed by atoms with Gasteiger partial charge in [-0.25, -0.2) is 0 Å². The second kappa shape index (κ2) is 6.80. The highest BCUT2D eigenvalue weighted by Gasteiger charge is 2.37. The number of hydrogen-bond donors (Lipinski definition) is 1. The van der Waals surface area contributed by atoms with E-state index in [9.17, 15) is 4.79 Å². The molecule has 4 heteroatoms. The zero-order chi connectivity index (χ0) is 15.5. The Morgan fingerprint density at radius 1 is 1.09 bits per heavy atom. The lowest BCUT2D eigenvalue weighted by Crippen LogP contribution is -2.52. The molecule has 4 nitrogen and oxygen atoms in total. The molecule has 1 N–H and O–H groups in total. The van der Waals surface area contributed by atoms with E-state index in [0.717, 1.165) is 39.3 Å². The molecular weight excluding hydrogens is 274 g/mol. The molecule has 2 aliphatic rings. The Morgan fingerprint density at radius 3 is 2.41 bits per heavy atom. The molecule has 120 valence electrons. The predicted octanol–water partition coefficient (Wildman–Crippen LogP) is 1.54. The number of benzene rings is 1. The van der Waals surface area contributed by atoms with Gasteiger partial charge in [-0.15, -0.1) is 0 Å². The Hall–Kier alpha value is -1.39. The maximum Gasteiger partial charge on any atom is 0.227 e. The third-order valence-corrected chi connectivity index (χ3v) is 5.12. The quantitative estimate of drug-likeness (QED) is 0.920. The Kier molecular flexibility index (Phi) is 4.79. The summed E-state index contributed by atoms with van der Waals surface area (Å²) in [5.74, 6) is 0.743. The summed E-state index contributed by atoms with van der Waals surface area (Å²) in [5, 5.41) is 3.41. The predicted molar refractivity (Wildman–Crippen MR) is 88.8 cm³/mol. The fraction of sp³-hybridized carbons (Fsp3) is 0.611. The monoisotopic (exact) mass is 301 g/mol. The maximum absolute atomic E-state index is 12.9. The fourth-order valence-corrected chi connectivity index (χ4v) is 3.68. The molecule has 1 aromatic rings. The third kappa shape index (κ3) is 3.18. The van der Waals surface area contributed by atoms with Crippen LogP contribution in [0.1, 0.15) is 25.3 Å². The molecule has 0 bridgehead atoms. The molecule has 0 aliphatic carbocycles. The summed E-state index contributed by atoms with van der Waals surface area (Å²) in [6, 6.07) is 11.0. The number of carbonyl (C=O) groups excluding carboxylic acids is 1. The molecule has 0 aromatic heterocycles. The highest BCUT2D eigenvalue weighted by atomic mass is 16.2. The highest BCUT2D eigenvalue weighted by molar-refractivity contribution is 5.80. The number of hydrogen-bond acceptors (Lipinski definition) is 3. The molecule has 1 amide bonds. The van der Waals surface area contributed by atoms with Crippen LogP contribution in [-0.4, -0.2) is 61.0 Å². The summed E-state index contributed by atoms with van der Waals surface area (Å²) in [7, 11) is 0. The van der Waals surface area contributed by atoms with Gasteiger partial charge in [0.05, 0.1) is 5.92 Å². The van der Waals surface area contributed by atoms with Crippen molar-refractivity contribution < 1.29 is 4.79 Å². The van der Waals surface area contributed by atoms with Gasteiger partial charge in [-0.2, -0.15) is 0 Å². The van der Waals surface area contributed by atoms with Crippen molar-refractivity contribution in [2.24, 2.45) is 5.92 Å². The number of amides is 1. The van der Waals surface area contributed by atoms with E-state index in [1.54, 1.807) is 0 Å². The molecule has 0 spiro atoms. The van der Waals surface area contributed by atoms with Crippen LogP contribution in [0.3, 0.4) is 0 Å². The molecule has 2 saturated heterocycles. The van der Waals surface area contributed by atoms with Crippen LogP contribution >= 0.6 is 0 Å². The molecule has 2 unspecified atom stereocenters. The summed E-state index contributed by atoms with van der Waals surface area (Å²) in [5.41, 5.74) is 1.28. The first-order valence-corrected chi connectivity index (χ1v) is 8.45. The van der Waals surface area contributed by atoms with Crippen molar-refractivity contribution in [1.29, 1.82) is 0 Å². The number of rotatable bonds is 3. The lowest BCUT2D eigenvalue weighted by Gasteiger charge is -2.38. The normalized spacial score (nSPS) is 26.6. The van der Waals surface area contributed by atoms with E-state index in [2.05, 4.69) is 53.2 Å². The van der Waals surface area contributed by atoms with Gasteiger partial charge in [-0.05, 0) is 19.4 Å². The van der Waals surface area contributed by atoms with Crippen molar-refractivity contribution in [2.45, 2.75) is 25.8 Å². The van der Waals surface area contributed by atoms with E-state index in [4.69, 9.17) is 0 Å². The van der Waals surface area contributed by atoms with Gasteiger partial charge < -0.3 is 10.2 Å². The first-order valence-electron chi connectivity index (χ1n) is 8.45. The molecular formula is C18H27N3O. The van der Waals surface area contributed by atoms with Crippen LogP contribution in [0.2, 0.25) is 0 Å². The summed E-state index contributed by atoms with van der Waals surface area (Å²) in [6.45, 7) is 9.91. The fourth-order valence-electron chi connectivity index (χ4n) is 3.68. The van der Waals surface area contributed by atoms with Crippen molar-refractivity contribution >= 4 is 5.91 Å².